The molecule has 2 aromatic rings. The van der Waals surface area contributed by atoms with Crippen LogP contribution in [0.3, 0.4) is 0 Å². The molecule has 0 aliphatic heterocycles. The fourth-order valence-electron chi connectivity index (χ4n) is 2.40. The molecule has 0 spiro atoms. The lowest BCUT2D eigenvalue weighted by Crippen LogP contribution is -2.21. The highest BCUT2D eigenvalue weighted by atomic mass is 15.1. The number of nitrogens with two attached hydrogens (primary N) is 1. The summed E-state index contributed by atoms with van der Waals surface area (Å²) >= 11 is 0. The maximum Gasteiger partial charge on any atom is 0.0623 e. The molecule has 1 aromatic heterocycles. The molecule has 0 aliphatic carbocycles. The van der Waals surface area contributed by atoms with Gasteiger partial charge >= 0.3 is 0 Å². The quantitative estimate of drug-likeness (QED) is 0.879. The van der Waals surface area contributed by atoms with E-state index in [2.05, 4.69) is 60.9 Å². The molecule has 18 heavy (non-hydrogen) atoms. The lowest BCUT2D eigenvalue weighted by Gasteiger charge is -2.18. The van der Waals surface area contributed by atoms with Crippen LogP contribution in [0.1, 0.15) is 19.8 Å². The molecule has 0 bridgehead atoms. The minimum absolute atomic E-state index is 0.297. The van der Waals surface area contributed by atoms with Gasteiger partial charge in [-0.3, -0.25) is 0 Å². The van der Waals surface area contributed by atoms with Crippen LogP contribution in [-0.4, -0.2) is 24.2 Å². The van der Waals surface area contributed by atoms with Gasteiger partial charge in [-0.1, -0.05) is 18.2 Å². The van der Waals surface area contributed by atoms with Gasteiger partial charge in [0, 0.05) is 43.8 Å². The van der Waals surface area contributed by atoms with Gasteiger partial charge in [-0.25, -0.2) is 0 Å². The first-order valence-electron chi connectivity index (χ1n) is 6.60. The van der Waals surface area contributed by atoms with Crippen molar-refractivity contribution in [2.24, 2.45) is 12.8 Å². The molecule has 0 amide bonds. The summed E-state index contributed by atoms with van der Waals surface area (Å²) in [4.78, 5) is 2.32. The molecule has 1 atom stereocenters. The van der Waals surface area contributed by atoms with Crippen molar-refractivity contribution in [3.05, 3.63) is 30.5 Å². The molecule has 1 heterocycles. The number of aryl methyl sites for hydroxylation is 1. The van der Waals surface area contributed by atoms with Crippen LogP contribution in [0.25, 0.3) is 10.9 Å². The van der Waals surface area contributed by atoms with Gasteiger partial charge in [-0.15, -0.1) is 0 Å². The van der Waals surface area contributed by atoms with Gasteiger partial charge in [0.15, 0.2) is 0 Å². The van der Waals surface area contributed by atoms with Crippen LogP contribution >= 0.6 is 0 Å². The molecular weight excluding hydrogens is 222 g/mol. The first kappa shape index (κ1) is 13.0. The monoisotopic (exact) mass is 245 g/mol. The lowest BCUT2D eigenvalue weighted by atomic mass is 10.2. The summed E-state index contributed by atoms with van der Waals surface area (Å²) in [7, 11) is 4.25. The van der Waals surface area contributed by atoms with E-state index in [1.165, 1.54) is 16.6 Å². The minimum atomic E-state index is 0.297. The molecule has 1 aromatic carbocycles. The smallest absolute Gasteiger partial charge is 0.0623 e. The van der Waals surface area contributed by atoms with Gasteiger partial charge in [-0.05, 0) is 25.8 Å². The molecule has 0 fully saturated rings. The number of aromatic nitrogens is 1. The Labute approximate surface area is 109 Å². The average Bonchev–Trinajstić information content (AvgIpc) is 2.67. The van der Waals surface area contributed by atoms with Crippen molar-refractivity contribution < 1.29 is 0 Å². The number of benzene rings is 1. The molecule has 2 N–H and O–H groups in total. The zero-order valence-corrected chi connectivity index (χ0v) is 11.6. The van der Waals surface area contributed by atoms with Crippen LogP contribution in [0.5, 0.6) is 0 Å². The third-order valence-corrected chi connectivity index (χ3v) is 3.44. The van der Waals surface area contributed by atoms with Gasteiger partial charge in [0.25, 0.3) is 0 Å². The maximum absolute atomic E-state index is 5.79. The summed E-state index contributed by atoms with van der Waals surface area (Å²) in [6.07, 6.45) is 4.42. The Hall–Kier alpha value is -1.48. The van der Waals surface area contributed by atoms with Gasteiger partial charge in [0.2, 0.25) is 0 Å². The highest BCUT2D eigenvalue weighted by molar-refractivity contribution is 5.93. The van der Waals surface area contributed by atoms with Gasteiger partial charge in [0.05, 0.1) is 5.69 Å². The standard InChI is InChI=1S/C15H23N3/c1-12(16)7-6-10-17(2)15-11-18(3)14-9-5-4-8-13(14)15/h4-5,8-9,11-12H,6-7,10,16H2,1-3H3. The molecule has 3 nitrogen and oxygen atoms in total. The zero-order chi connectivity index (χ0) is 13.1. The number of hydrogen-bond acceptors (Lipinski definition) is 2. The first-order valence-corrected chi connectivity index (χ1v) is 6.60. The lowest BCUT2D eigenvalue weighted by molar-refractivity contribution is 0.622. The largest absolute Gasteiger partial charge is 0.373 e. The molecule has 0 saturated heterocycles. The van der Waals surface area contributed by atoms with Crippen molar-refractivity contribution >= 4 is 16.6 Å². The Morgan fingerprint density at radius 2 is 2.06 bits per heavy atom. The second-order valence-electron chi connectivity index (χ2n) is 5.18. The minimum Gasteiger partial charge on any atom is -0.373 e. The van der Waals surface area contributed by atoms with E-state index in [0.29, 0.717) is 6.04 Å². The van der Waals surface area contributed by atoms with E-state index in [1.54, 1.807) is 0 Å². The van der Waals surface area contributed by atoms with Crippen LogP contribution in [0.2, 0.25) is 0 Å². The number of nitrogens with zero attached hydrogens (tertiary/aromatic N) is 2. The van der Waals surface area contributed by atoms with E-state index >= 15 is 0 Å². The van der Waals surface area contributed by atoms with E-state index in [1.807, 2.05) is 0 Å². The predicted octanol–water partition coefficient (Wildman–Crippen LogP) is 2.74. The van der Waals surface area contributed by atoms with E-state index in [9.17, 15) is 0 Å². The van der Waals surface area contributed by atoms with Crippen molar-refractivity contribution in [2.45, 2.75) is 25.8 Å². The Morgan fingerprint density at radius 3 is 2.78 bits per heavy atom. The number of fused-ring (bicyclic) bond motifs is 1. The molecule has 0 aliphatic rings. The average molecular weight is 245 g/mol. The summed E-state index contributed by atoms with van der Waals surface area (Å²) in [6, 6.07) is 8.83. The Morgan fingerprint density at radius 1 is 1.33 bits per heavy atom. The number of rotatable bonds is 5. The summed E-state index contributed by atoms with van der Waals surface area (Å²) < 4.78 is 2.19. The van der Waals surface area contributed by atoms with E-state index in [0.717, 1.165) is 19.4 Å². The van der Waals surface area contributed by atoms with Crippen molar-refractivity contribution in [2.75, 3.05) is 18.5 Å². The van der Waals surface area contributed by atoms with Crippen LogP contribution in [0.4, 0.5) is 5.69 Å². The number of para-hydroxylation sites is 1. The molecule has 2 rings (SSSR count). The molecular formula is C15H23N3. The molecule has 0 saturated carbocycles. The molecule has 98 valence electrons. The van der Waals surface area contributed by atoms with Crippen molar-refractivity contribution in [1.82, 2.24) is 4.57 Å². The summed E-state index contributed by atoms with van der Waals surface area (Å²) in [5.74, 6) is 0. The van der Waals surface area contributed by atoms with E-state index < -0.39 is 0 Å². The van der Waals surface area contributed by atoms with Crippen LogP contribution in [-0.2, 0) is 7.05 Å². The van der Waals surface area contributed by atoms with Crippen LogP contribution < -0.4 is 10.6 Å². The summed E-state index contributed by atoms with van der Waals surface area (Å²) in [6.45, 7) is 3.12. The molecule has 0 radical (unpaired) electrons. The molecule has 3 heteroatoms. The SMILES string of the molecule is CC(N)CCCN(C)c1cn(C)c2ccccc12. The maximum atomic E-state index is 5.79. The zero-order valence-electron chi connectivity index (χ0n) is 11.6. The van der Waals surface area contributed by atoms with Crippen LogP contribution in [0, 0.1) is 0 Å². The molecule has 1 unspecified atom stereocenters. The van der Waals surface area contributed by atoms with Gasteiger partial charge in [0.1, 0.15) is 0 Å². The number of hydrogen-bond donors (Lipinski definition) is 1. The van der Waals surface area contributed by atoms with Gasteiger partial charge in [-0.2, -0.15) is 0 Å². The second-order valence-corrected chi connectivity index (χ2v) is 5.18. The highest BCUT2D eigenvalue weighted by Crippen LogP contribution is 2.27. The third-order valence-electron chi connectivity index (χ3n) is 3.44. The topological polar surface area (TPSA) is 34.2 Å². The Kier molecular flexibility index (Phi) is 3.92. The van der Waals surface area contributed by atoms with E-state index in [-0.39, 0.29) is 0 Å². The van der Waals surface area contributed by atoms with Crippen LogP contribution in [0.15, 0.2) is 30.5 Å². The fraction of sp³-hybridized carbons (Fsp3) is 0.467. The Balaban J connectivity index is 2.15. The number of anilines is 1. The Bertz CT molecular complexity index is 513. The van der Waals surface area contributed by atoms with E-state index in [4.69, 9.17) is 5.73 Å². The van der Waals surface area contributed by atoms with Gasteiger partial charge < -0.3 is 15.2 Å². The van der Waals surface area contributed by atoms with Crippen molar-refractivity contribution in [1.29, 1.82) is 0 Å². The second kappa shape index (κ2) is 5.44. The normalized spacial score (nSPS) is 12.9. The summed E-state index contributed by atoms with van der Waals surface area (Å²) in [5, 5.41) is 1.32. The third kappa shape index (κ3) is 2.67. The van der Waals surface area contributed by atoms with Crippen molar-refractivity contribution in [3.63, 3.8) is 0 Å². The first-order chi connectivity index (χ1) is 8.59. The van der Waals surface area contributed by atoms with Crippen molar-refractivity contribution in [3.8, 4) is 0 Å². The fourth-order valence-corrected chi connectivity index (χ4v) is 2.40. The highest BCUT2D eigenvalue weighted by Gasteiger charge is 2.09. The summed E-state index contributed by atoms with van der Waals surface area (Å²) in [5.41, 5.74) is 8.38. The predicted molar refractivity (Wildman–Crippen MR) is 79.1 cm³/mol.